The molecular weight excluding hydrogens is 322 g/mol. The second-order valence-corrected chi connectivity index (χ2v) is 6.30. The summed E-state index contributed by atoms with van der Waals surface area (Å²) in [6.07, 6.45) is 2.69. The molecule has 1 saturated heterocycles. The summed E-state index contributed by atoms with van der Waals surface area (Å²) in [5.74, 6) is -0.303. The predicted molar refractivity (Wildman–Crippen MR) is 91.7 cm³/mol. The number of nitrogens with zero attached hydrogens (tertiary/aromatic N) is 4. The van der Waals surface area contributed by atoms with Crippen molar-refractivity contribution in [1.29, 1.82) is 0 Å². The normalized spacial score (nSPS) is 16.5. The molecule has 0 aliphatic carbocycles. The van der Waals surface area contributed by atoms with Gasteiger partial charge in [0.05, 0.1) is 5.39 Å². The maximum Gasteiger partial charge on any atom is 0.326 e. The minimum absolute atomic E-state index is 0.240. The van der Waals surface area contributed by atoms with E-state index in [0.717, 1.165) is 22.4 Å². The maximum atomic E-state index is 12.9. The summed E-state index contributed by atoms with van der Waals surface area (Å²) < 4.78 is 1.05. The van der Waals surface area contributed by atoms with Crippen molar-refractivity contribution >= 4 is 22.8 Å². The van der Waals surface area contributed by atoms with Crippen LogP contribution in [0.5, 0.6) is 0 Å². The van der Waals surface area contributed by atoms with E-state index in [2.05, 4.69) is 15.6 Å². The van der Waals surface area contributed by atoms with Gasteiger partial charge < -0.3 is 5.32 Å². The highest BCUT2D eigenvalue weighted by Crippen LogP contribution is 2.28. The molecule has 1 fully saturated rings. The highest BCUT2D eigenvalue weighted by Gasteiger charge is 2.49. The van der Waals surface area contributed by atoms with Crippen LogP contribution in [0.3, 0.4) is 0 Å². The van der Waals surface area contributed by atoms with Crippen molar-refractivity contribution in [2.75, 3.05) is 0 Å². The number of amides is 3. The van der Waals surface area contributed by atoms with Crippen LogP contribution in [0, 0.1) is 0 Å². The number of hydrogen-bond acceptors (Lipinski definition) is 5. The zero-order valence-corrected chi connectivity index (χ0v) is 14.4. The van der Waals surface area contributed by atoms with Crippen molar-refractivity contribution in [2.24, 2.45) is 0 Å². The Morgan fingerprint density at radius 3 is 2.44 bits per heavy atom. The molecule has 25 heavy (non-hydrogen) atoms. The van der Waals surface area contributed by atoms with Crippen LogP contribution in [-0.2, 0) is 11.5 Å². The zero-order chi connectivity index (χ0) is 18.0. The van der Waals surface area contributed by atoms with Crippen LogP contribution < -0.4 is 10.9 Å². The average molecular weight is 343 g/mol. The van der Waals surface area contributed by atoms with Gasteiger partial charge in [0.25, 0.3) is 11.5 Å². The van der Waals surface area contributed by atoms with E-state index in [-0.39, 0.29) is 18.1 Å². The fourth-order valence-corrected chi connectivity index (χ4v) is 3.37. The Morgan fingerprint density at radius 2 is 1.76 bits per heavy atom. The van der Waals surface area contributed by atoms with Crippen LogP contribution in [0.15, 0.2) is 29.1 Å². The second-order valence-electron chi connectivity index (χ2n) is 6.30. The monoisotopic (exact) mass is 343 g/mol. The molecule has 1 aliphatic rings. The van der Waals surface area contributed by atoms with E-state index < -0.39 is 11.6 Å². The van der Waals surface area contributed by atoms with Crippen molar-refractivity contribution in [3.63, 3.8) is 0 Å². The van der Waals surface area contributed by atoms with Gasteiger partial charge in [-0.05, 0) is 25.0 Å². The Hall–Kier alpha value is -2.77. The van der Waals surface area contributed by atoms with Crippen LogP contribution in [-0.4, -0.2) is 37.4 Å². The molecule has 1 aromatic carbocycles. The SMILES string of the molecule is CCCC1(CCC)NC(=O)N(Cn2nnc3ccccc3c2=O)C1=O. The minimum Gasteiger partial charge on any atom is -0.323 e. The van der Waals surface area contributed by atoms with Gasteiger partial charge in [-0.15, -0.1) is 5.10 Å². The molecule has 0 unspecified atom stereocenters. The molecule has 2 heterocycles. The molecule has 8 heteroatoms. The summed E-state index contributed by atoms with van der Waals surface area (Å²) in [6, 6.07) is 6.34. The number of nitrogens with one attached hydrogen (secondary N) is 1. The molecule has 1 aromatic heterocycles. The quantitative estimate of drug-likeness (QED) is 0.804. The van der Waals surface area contributed by atoms with Crippen molar-refractivity contribution in [3.05, 3.63) is 34.6 Å². The molecule has 2 aromatic rings. The fourth-order valence-electron chi connectivity index (χ4n) is 3.37. The zero-order valence-electron chi connectivity index (χ0n) is 14.4. The van der Waals surface area contributed by atoms with Gasteiger partial charge in [-0.25, -0.2) is 9.69 Å². The average Bonchev–Trinajstić information content (AvgIpc) is 2.82. The second kappa shape index (κ2) is 6.62. The van der Waals surface area contributed by atoms with E-state index in [0.29, 0.717) is 23.7 Å². The summed E-state index contributed by atoms with van der Waals surface area (Å²) >= 11 is 0. The number of imide groups is 1. The van der Waals surface area contributed by atoms with E-state index in [1.54, 1.807) is 24.3 Å². The van der Waals surface area contributed by atoms with Crippen LogP contribution in [0.25, 0.3) is 10.9 Å². The first-order chi connectivity index (χ1) is 12.0. The van der Waals surface area contributed by atoms with Crippen LogP contribution in [0.1, 0.15) is 39.5 Å². The Balaban J connectivity index is 1.93. The van der Waals surface area contributed by atoms with Crippen molar-refractivity contribution in [3.8, 4) is 0 Å². The molecule has 8 nitrogen and oxygen atoms in total. The first-order valence-corrected chi connectivity index (χ1v) is 8.49. The molecule has 0 spiro atoms. The third-order valence-electron chi connectivity index (χ3n) is 4.50. The summed E-state index contributed by atoms with van der Waals surface area (Å²) in [7, 11) is 0. The molecule has 0 bridgehead atoms. The molecule has 1 aliphatic heterocycles. The lowest BCUT2D eigenvalue weighted by molar-refractivity contribution is -0.133. The van der Waals surface area contributed by atoms with Crippen molar-refractivity contribution < 1.29 is 9.59 Å². The Morgan fingerprint density at radius 1 is 1.08 bits per heavy atom. The van der Waals surface area contributed by atoms with Gasteiger partial charge in [-0.1, -0.05) is 44.0 Å². The van der Waals surface area contributed by atoms with E-state index in [9.17, 15) is 14.4 Å². The lowest BCUT2D eigenvalue weighted by atomic mass is 9.89. The number of rotatable bonds is 6. The number of benzene rings is 1. The van der Waals surface area contributed by atoms with Gasteiger partial charge in [0, 0.05) is 0 Å². The molecule has 3 amide bonds. The lowest BCUT2D eigenvalue weighted by Gasteiger charge is -2.25. The topological polar surface area (TPSA) is 97.2 Å². The molecule has 0 saturated carbocycles. The van der Waals surface area contributed by atoms with E-state index in [1.807, 2.05) is 13.8 Å². The summed E-state index contributed by atoms with van der Waals surface area (Å²) in [4.78, 5) is 38.8. The van der Waals surface area contributed by atoms with E-state index in [1.165, 1.54) is 0 Å². The minimum atomic E-state index is -0.880. The number of aromatic nitrogens is 3. The number of urea groups is 1. The molecule has 132 valence electrons. The molecule has 3 rings (SSSR count). The van der Waals surface area contributed by atoms with E-state index in [4.69, 9.17) is 0 Å². The van der Waals surface area contributed by atoms with Crippen LogP contribution in [0.2, 0.25) is 0 Å². The number of hydrogen-bond donors (Lipinski definition) is 1. The molecule has 1 N–H and O–H groups in total. The molecular formula is C17H21N5O3. The van der Waals surface area contributed by atoms with Gasteiger partial charge in [0.15, 0.2) is 0 Å². The number of fused-ring (bicyclic) bond motifs is 1. The van der Waals surface area contributed by atoms with E-state index >= 15 is 0 Å². The molecule has 0 atom stereocenters. The van der Waals surface area contributed by atoms with Gasteiger partial charge in [-0.2, -0.15) is 4.68 Å². The van der Waals surface area contributed by atoms with Gasteiger partial charge >= 0.3 is 6.03 Å². The maximum absolute atomic E-state index is 12.9. The Kier molecular flexibility index (Phi) is 4.52. The first-order valence-electron chi connectivity index (χ1n) is 8.49. The third-order valence-corrected chi connectivity index (χ3v) is 4.50. The predicted octanol–water partition coefficient (Wildman–Crippen LogP) is 1.64. The van der Waals surface area contributed by atoms with Crippen LogP contribution >= 0.6 is 0 Å². The highest BCUT2D eigenvalue weighted by atomic mass is 16.2. The fraction of sp³-hybridized carbons (Fsp3) is 0.471. The first kappa shape index (κ1) is 17.1. The third kappa shape index (κ3) is 2.88. The van der Waals surface area contributed by atoms with Crippen molar-refractivity contribution in [1.82, 2.24) is 25.2 Å². The van der Waals surface area contributed by atoms with Gasteiger partial charge in [-0.3, -0.25) is 9.59 Å². The Bertz CT molecular complexity index is 870. The number of carbonyl (C=O) groups is 2. The summed E-state index contributed by atoms with van der Waals surface area (Å²) in [5, 5.41) is 11.1. The lowest BCUT2D eigenvalue weighted by Crippen LogP contribution is -2.47. The van der Waals surface area contributed by atoms with Gasteiger partial charge in [0.2, 0.25) is 0 Å². The molecule has 0 radical (unpaired) electrons. The summed E-state index contributed by atoms with van der Waals surface area (Å²) in [5.41, 5.74) is -0.781. The van der Waals surface area contributed by atoms with Crippen LogP contribution in [0.4, 0.5) is 4.79 Å². The number of carbonyl (C=O) groups excluding carboxylic acids is 2. The van der Waals surface area contributed by atoms with Crippen molar-refractivity contribution in [2.45, 2.75) is 51.7 Å². The highest BCUT2D eigenvalue weighted by molar-refractivity contribution is 6.06. The summed E-state index contributed by atoms with van der Waals surface area (Å²) in [6.45, 7) is 3.70. The Labute approximate surface area is 144 Å². The standard InChI is InChI=1S/C17H21N5O3/c1-3-9-17(10-4-2)15(24)21(16(25)18-17)11-22-14(23)12-7-5-6-8-13(12)19-20-22/h5-8H,3-4,9-11H2,1-2H3,(H,18,25). The van der Waals surface area contributed by atoms with Gasteiger partial charge in [0.1, 0.15) is 17.7 Å². The smallest absolute Gasteiger partial charge is 0.323 e. The largest absolute Gasteiger partial charge is 0.326 e.